The number of hydrogen-bond donors (Lipinski definition) is 3. The van der Waals surface area contributed by atoms with E-state index in [2.05, 4.69) is 16.0 Å². The van der Waals surface area contributed by atoms with Crippen molar-refractivity contribution >= 4 is 23.6 Å². The van der Waals surface area contributed by atoms with E-state index in [1.54, 1.807) is 39.0 Å². The Morgan fingerprint density at radius 1 is 0.967 bits per heavy atom. The van der Waals surface area contributed by atoms with Gasteiger partial charge in [-0.15, -0.1) is 0 Å². The molecule has 0 aliphatic carbocycles. The number of aryl methyl sites for hydroxylation is 1. The zero-order valence-corrected chi connectivity index (χ0v) is 17.9. The summed E-state index contributed by atoms with van der Waals surface area (Å²) in [4.78, 5) is 36.2. The molecule has 3 amide bonds. The molecule has 0 fully saturated rings. The van der Waals surface area contributed by atoms with Gasteiger partial charge in [0.2, 0.25) is 5.91 Å². The van der Waals surface area contributed by atoms with Crippen molar-refractivity contribution in [2.24, 2.45) is 0 Å². The molecule has 7 nitrogen and oxygen atoms in total. The quantitative estimate of drug-likeness (QED) is 0.646. The van der Waals surface area contributed by atoms with Gasteiger partial charge in [-0.05, 0) is 51.5 Å². The molecule has 0 aliphatic heterocycles. The number of anilines is 1. The minimum atomic E-state index is -0.589. The molecule has 0 atom stereocenters. The highest BCUT2D eigenvalue weighted by molar-refractivity contribution is 5.95. The van der Waals surface area contributed by atoms with Crippen LogP contribution in [0.2, 0.25) is 0 Å². The Bertz CT molecular complexity index is 903. The normalized spacial score (nSPS) is 10.8. The molecule has 160 valence electrons. The first kappa shape index (κ1) is 22.9. The van der Waals surface area contributed by atoms with E-state index >= 15 is 0 Å². The van der Waals surface area contributed by atoms with E-state index in [-0.39, 0.29) is 31.3 Å². The van der Waals surface area contributed by atoms with Crippen LogP contribution in [0, 0.1) is 6.92 Å². The summed E-state index contributed by atoms with van der Waals surface area (Å²) in [6.07, 6.45) is -0.460. The summed E-state index contributed by atoms with van der Waals surface area (Å²) >= 11 is 0. The molecule has 2 rings (SSSR count). The van der Waals surface area contributed by atoms with E-state index in [9.17, 15) is 14.4 Å². The Labute approximate surface area is 177 Å². The van der Waals surface area contributed by atoms with Crippen LogP contribution < -0.4 is 16.0 Å². The lowest BCUT2D eigenvalue weighted by Gasteiger charge is -2.19. The van der Waals surface area contributed by atoms with Gasteiger partial charge in [-0.2, -0.15) is 0 Å². The summed E-state index contributed by atoms with van der Waals surface area (Å²) in [6, 6.07) is 14.6. The molecule has 2 aromatic carbocycles. The molecule has 0 aromatic heterocycles. The third-order valence-corrected chi connectivity index (χ3v) is 4.03. The lowest BCUT2D eigenvalue weighted by atomic mass is 10.1. The van der Waals surface area contributed by atoms with Crippen LogP contribution in [0.4, 0.5) is 10.5 Å². The summed E-state index contributed by atoms with van der Waals surface area (Å²) in [5.41, 5.74) is 2.41. The first-order chi connectivity index (χ1) is 14.1. The zero-order chi connectivity index (χ0) is 22.1. The van der Waals surface area contributed by atoms with Crippen molar-refractivity contribution in [2.75, 3.05) is 11.9 Å². The number of para-hydroxylation sites is 1. The van der Waals surface area contributed by atoms with Crippen molar-refractivity contribution in [3.8, 4) is 0 Å². The molecule has 2 aromatic rings. The predicted octanol–water partition coefficient (Wildman–Crippen LogP) is 3.78. The molecule has 0 spiro atoms. The Balaban J connectivity index is 1.86. The molecule has 0 saturated carbocycles. The van der Waals surface area contributed by atoms with Crippen LogP contribution in [0.3, 0.4) is 0 Å². The van der Waals surface area contributed by atoms with Gasteiger partial charge in [-0.3, -0.25) is 9.59 Å². The van der Waals surface area contributed by atoms with Crippen LogP contribution in [0.1, 0.15) is 48.7 Å². The zero-order valence-electron chi connectivity index (χ0n) is 17.9. The Morgan fingerprint density at radius 3 is 2.40 bits per heavy atom. The van der Waals surface area contributed by atoms with E-state index in [1.165, 1.54) is 0 Å². The molecule has 0 saturated heterocycles. The molecule has 30 heavy (non-hydrogen) atoms. The Hall–Kier alpha value is -3.35. The molecule has 0 radical (unpaired) electrons. The van der Waals surface area contributed by atoms with E-state index in [0.717, 1.165) is 11.1 Å². The van der Waals surface area contributed by atoms with Gasteiger partial charge in [-0.1, -0.05) is 35.9 Å². The van der Waals surface area contributed by atoms with Crippen LogP contribution in [-0.2, 0) is 16.1 Å². The monoisotopic (exact) mass is 411 g/mol. The highest BCUT2D eigenvalue weighted by Gasteiger charge is 2.16. The highest BCUT2D eigenvalue weighted by atomic mass is 16.6. The van der Waals surface area contributed by atoms with Crippen molar-refractivity contribution in [2.45, 2.75) is 46.3 Å². The number of amides is 3. The third-order valence-electron chi connectivity index (χ3n) is 4.03. The number of alkyl carbamates (subject to hydrolysis) is 1. The molecule has 7 heteroatoms. The van der Waals surface area contributed by atoms with Gasteiger partial charge in [0, 0.05) is 30.8 Å². The fourth-order valence-electron chi connectivity index (χ4n) is 2.67. The Morgan fingerprint density at radius 2 is 1.70 bits per heavy atom. The van der Waals surface area contributed by atoms with E-state index < -0.39 is 11.7 Å². The van der Waals surface area contributed by atoms with Gasteiger partial charge in [0.1, 0.15) is 5.60 Å². The lowest BCUT2D eigenvalue weighted by Crippen LogP contribution is -2.34. The highest BCUT2D eigenvalue weighted by Crippen LogP contribution is 2.15. The van der Waals surface area contributed by atoms with E-state index in [0.29, 0.717) is 11.3 Å². The third kappa shape index (κ3) is 7.95. The van der Waals surface area contributed by atoms with Crippen molar-refractivity contribution in [1.82, 2.24) is 10.6 Å². The second kappa shape index (κ2) is 10.4. The minimum absolute atomic E-state index is 0.100. The van der Waals surface area contributed by atoms with Gasteiger partial charge < -0.3 is 20.7 Å². The molecule has 0 heterocycles. The van der Waals surface area contributed by atoms with Gasteiger partial charge >= 0.3 is 6.09 Å². The molecule has 0 aliphatic rings. The molecular weight excluding hydrogens is 382 g/mol. The largest absolute Gasteiger partial charge is 0.444 e. The number of benzene rings is 2. The second-order valence-electron chi connectivity index (χ2n) is 7.94. The van der Waals surface area contributed by atoms with Crippen LogP contribution in [-0.4, -0.2) is 30.1 Å². The molecular formula is C23H29N3O4. The summed E-state index contributed by atoms with van der Waals surface area (Å²) in [5, 5.41) is 8.25. The number of carbonyl (C=O) groups is 3. The molecule has 0 unspecified atom stereocenters. The van der Waals surface area contributed by atoms with Crippen molar-refractivity contribution < 1.29 is 19.1 Å². The SMILES string of the molecule is Cc1cccc(C(=O)NCc2ccccc2NC(=O)CCNC(=O)OC(C)(C)C)c1. The molecule has 3 N–H and O–H groups in total. The van der Waals surface area contributed by atoms with Crippen LogP contribution in [0.5, 0.6) is 0 Å². The summed E-state index contributed by atoms with van der Waals surface area (Å²) in [7, 11) is 0. The average Bonchev–Trinajstić information content (AvgIpc) is 2.65. The van der Waals surface area contributed by atoms with Crippen LogP contribution >= 0.6 is 0 Å². The summed E-state index contributed by atoms with van der Waals surface area (Å²) in [6.45, 7) is 7.68. The predicted molar refractivity (Wildman–Crippen MR) is 116 cm³/mol. The minimum Gasteiger partial charge on any atom is -0.444 e. The van der Waals surface area contributed by atoms with E-state index in [1.807, 2.05) is 37.3 Å². The van der Waals surface area contributed by atoms with Gasteiger partial charge in [-0.25, -0.2) is 4.79 Å². The average molecular weight is 412 g/mol. The van der Waals surface area contributed by atoms with Gasteiger partial charge in [0.15, 0.2) is 0 Å². The van der Waals surface area contributed by atoms with E-state index in [4.69, 9.17) is 4.74 Å². The Kier molecular flexibility index (Phi) is 7.98. The van der Waals surface area contributed by atoms with Gasteiger partial charge in [0.05, 0.1) is 0 Å². The number of carbonyl (C=O) groups excluding carboxylic acids is 3. The first-order valence-corrected chi connectivity index (χ1v) is 9.83. The second-order valence-corrected chi connectivity index (χ2v) is 7.94. The number of rotatable bonds is 7. The maximum Gasteiger partial charge on any atom is 0.407 e. The number of hydrogen-bond acceptors (Lipinski definition) is 4. The van der Waals surface area contributed by atoms with Crippen molar-refractivity contribution in [3.63, 3.8) is 0 Å². The standard InChI is InChI=1S/C23H29N3O4/c1-16-8-7-10-17(14-16)21(28)25-15-18-9-5-6-11-19(18)26-20(27)12-13-24-22(29)30-23(2,3)4/h5-11,14H,12-13,15H2,1-4H3,(H,24,29)(H,25,28)(H,26,27). The fraction of sp³-hybridized carbons (Fsp3) is 0.348. The summed E-state index contributed by atoms with van der Waals surface area (Å²) in [5.74, 6) is -0.426. The number of ether oxygens (including phenoxy) is 1. The smallest absolute Gasteiger partial charge is 0.407 e. The van der Waals surface area contributed by atoms with Crippen LogP contribution in [0.15, 0.2) is 48.5 Å². The van der Waals surface area contributed by atoms with Crippen LogP contribution in [0.25, 0.3) is 0 Å². The van der Waals surface area contributed by atoms with Crippen molar-refractivity contribution in [1.29, 1.82) is 0 Å². The number of nitrogens with one attached hydrogen (secondary N) is 3. The maximum atomic E-state index is 12.4. The fourth-order valence-corrected chi connectivity index (χ4v) is 2.67. The molecule has 0 bridgehead atoms. The topological polar surface area (TPSA) is 96.5 Å². The first-order valence-electron chi connectivity index (χ1n) is 9.83. The lowest BCUT2D eigenvalue weighted by molar-refractivity contribution is -0.116. The van der Waals surface area contributed by atoms with Crippen molar-refractivity contribution in [3.05, 3.63) is 65.2 Å². The van der Waals surface area contributed by atoms with Gasteiger partial charge in [0.25, 0.3) is 5.91 Å². The maximum absolute atomic E-state index is 12.4. The summed E-state index contributed by atoms with van der Waals surface area (Å²) < 4.78 is 5.13.